The van der Waals surface area contributed by atoms with Gasteiger partial charge in [0.1, 0.15) is 0 Å². The number of rotatable bonds is 1. The van der Waals surface area contributed by atoms with E-state index in [9.17, 15) is 0 Å². The number of pyridine rings is 1. The van der Waals surface area contributed by atoms with Gasteiger partial charge >= 0.3 is 0 Å². The van der Waals surface area contributed by atoms with Gasteiger partial charge in [0, 0.05) is 28.0 Å². The Morgan fingerprint density at radius 2 is 1.67 bits per heavy atom. The van der Waals surface area contributed by atoms with Crippen molar-refractivity contribution in [1.82, 2.24) is 4.98 Å². The first-order chi connectivity index (χ1) is 12.8. The number of nitrogens with zero attached hydrogens (tertiary/aromatic N) is 1. The van der Waals surface area contributed by atoms with Gasteiger partial charge in [0.25, 0.3) is 0 Å². The molecule has 1 heterocycles. The standard InChI is InChI=1S/C25H26N2/c1-24(2)13-15-14-25(3,4)22(16-9-5-7-11-18(16)26)23-20(15)21(24)17-10-6-8-12-19(17)27-23/h5-13,22H,14,26H2,1-4H3. The van der Waals surface area contributed by atoms with E-state index in [2.05, 4.69) is 70.2 Å². The van der Waals surface area contributed by atoms with Crippen LogP contribution in [0.1, 0.15) is 62.4 Å². The van der Waals surface area contributed by atoms with Crippen LogP contribution in [-0.2, 0) is 5.41 Å². The fourth-order valence-corrected chi connectivity index (χ4v) is 5.46. The molecule has 2 heteroatoms. The Bertz CT molecular complexity index is 1120. The van der Waals surface area contributed by atoms with Crippen LogP contribution in [-0.4, -0.2) is 4.98 Å². The number of allylic oxidation sites excluding steroid dienone is 2. The van der Waals surface area contributed by atoms with Gasteiger partial charge in [-0.05, 0) is 40.7 Å². The summed E-state index contributed by atoms with van der Waals surface area (Å²) in [6.07, 6.45) is 3.52. The molecule has 27 heavy (non-hydrogen) atoms. The van der Waals surface area contributed by atoms with Crippen LogP contribution in [0.2, 0.25) is 0 Å². The lowest BCUT2D eigenvalue weighted by Gasteiger charge is -2.41. The van der Waals surface area contributed by atoms with E-state index in [0.29, 0.717) is 0 Å². The highest BCUT2D eigenvalue weighted by Crippen LogP contribution is 2.58. The highest BCUT2D eigenvalue weighted by Gasteiger charge is 2.46. The van der Waals surface area contributed by atoms with Gasteiger partial charge in [0.2, 0.25) is 0 Å². The molecule has 0 saturated heterocycles. The van der Waals surface area contributed by atoms with E-state index in [1.165, 1.54) is 33.3 Å². The lowest BCUT2D eigenvalue weighted by atomic mass is 9.63. The number of benzene rings is 2. The normalized spacial score (nSPS) is 21.8. The molecule has 5 rings (SSSR count). The molecule has 0 saturated carbocycles. The minimum absolute atomic E-state index is 0.0230. The third-order valence-corrected chi connectivity index (χ3v) is 6.43. The molecule has 1 atom stereocenters. The second-order valence-electron chi connectivity index (χ2n) is 9.38. The van der Waals surface area contributed by atoms with E-state index in [0.717, 1.165) is 17.6 Å². The summed E-state index contributed by atoms with van der Waals surface area (Å²) in [5, 5.41) is 1.28. The van der Waals surface area contributed by atoms with Crippen molar-refractivity contribution in [3.05, 3.63) is 77.0 Å². The second-order valence-corrected chi connectivity index (χ2v) is 9.38. The fourth-order valence-electron chi connectivity index (χ4n) is 5.46. The number of nitrogens with two attached hydrogens (primary N) is 1. The zero-order valence-corrected chi connectivity index (χ0v) is 16.5. The summed E-state index contributed by atoms with van der Waals surface area (Å²) in [5.41, 5.74) is 15.2. The molecule has 2 aliphatic carbocycles. The summed E-state index contributed by atoms with van der Waals surface area (Å²) in [5.74, 6) is 0.197. The van der Waals surface area contributed by atoms with E-state index in [1.807, 2.05) is 12.1 Å². The Labute approximate surface area is 161 Å². The number of fused-ring (bicyclic) bond motifs is 2. The number of hydrogen-bond donors (Lipinski definition) is 1. The van der Waals surface area contributed by atoms with Crippen LogP contribution in [0.4, 0.5) is 5.69 Å². The average molecular weight is 354 g/mol. The van der Waals surface area contributed by atoms with Gasteiger partial charge in [-0.1, -0.05) is 70.2 Å². The molecule has 1 aromatic heterocycles. The Morgan fingerprint density at radius 1 is 0.963 bits per heavy atom. The van der Waals surface area contributed by atoms with E-state index in [4.69, 9.17) is 10.7 Å². The zero-order valence-electron chi connectivity index (χ0n) is 16.5. The minimum atomic E-state index is 0.0230. The number of nitrogen functional groups attached to an aromatic ring is 1. The van der Waals surface area contributed by atoms with E-state index in [-0.39, 0.29) is 16.7 Å². The molecule has 0 aliphatic heterocycles. The van der Waals surface area contributed by atoms with Gasteiger partial charge < -0.3 is 5.73 Å². The topological polar surface area (TPSA) is 38.9 Å². The predicted molar refractivity (Wildman–Crippen MR) is 114 cm³/mol. The number of hydrogen-bond acceptors (Lipinski definition) is 2. The smallest absolute Gasteiger partial charge is 0.0709 e. The molecular formula is C25H26N2. The molecule has 0 fully saturated rings. The third-order valence-electron chi connectivity index (χ3n) is 6.43. The molecule has 2 N–H and O–H groups in total. The van der Waals surface area contributed by atoms with Crippen LogP contribution in [0, 0.1) is 5.41 Å². The molecule has 0 amide bonds. The third kappa shape index (κ3) is 2.22. The van der Waals surface area contributed by atoms with Gasteiger partial charge in [-0.25, -0.2) is 0 Å². The summed E-state index contributed by atoms with van der Waals surface area (Å²) in [7, 11) is 0. The summed E-state index contributed by atoms with van der Waals surface area (Å²) in [4.78, 5) is 5.23. The van der Waals surface area contributed by atoms with Crippen molar-refractivity contribution in [2.45, 2.75) is 45.4 Å². The Hall–Kier alpha value is -2.61. The maximum atomic E-state index is 6.44. The second kappa shape index (κ2) is 5.22. The van der Waals surface area contributed by atoms with Crippen molar-refractivity contribution in [1.29, 1.82) is 0 Å². The van der Waals surface area contributed by atoms with Crippen LogP contribution in [0.3, 0.4) is 0 Å². The molecular weight excluding hydrogens is 328 g/mol. The van der Waals surface area contributed by atoms with Crippen molar-refractivity contribution in [3.63, 3.8) is 0 Å². The van der Waals surface area contributed by atoms with Gasteiger partial charge in [0.05, 0.1) is 11.2 Å². The van der Waals surface area contributed by atoms with E-state index >= 15 is 0 Å². The largest absolute Gasteiger partial charge is 0.398 e. The predicted octanol–water partition coefficient (Wildman–Crippen LogP) is 6.05. The molecule has 3 aromatic rings. The van der Waals surface area contributed by atoms with Crippen LogP contribution < -0.4 is 5.73 Å². The lowest BCUT2D eigenvalue weighted by molar-refractivity contribution is 0.314. The van der Waals surface area contributed by atoms with Crippen molar-refractivity contribution in [2.24, 2.45) is 5.41 Å². The van der Waals surface area contributed by atoms with Crippen LogP contribution in [0.5, 0.6) is 0 Å². The van der Waals surface area contributed by atoms with Crippen molar-refractivity contribution < 1.29 is 0 Å². The first-order valence-electron chi connectivity index (χ1n) is 9.79. The van der Waals surface area contributed by atoms with E-state index in [1.54, 1.807) is 0 Å². The molecule has 0 spiro atoms. The van der Waals surface area contributed by atoms with E-state index < -0.39 is 0 Å². The number of aromatic nitrogens is 1. The Balaban J connectivity index is 1.91. The molecule has 0 bridgehead atoms. The zero-order chi connectivity index (χ0) is 19.0. The average Bonchev–Trinajstić information content (AvgIpc) is 2.87. The summed E-state index contributed by atoms with van der Waals surface area (Å²) in [6.45, 7) is 9.38. The van der Waals surface area contributed by atoms with Crippen molar-refractivity contribution in [3.8, 4) is 0 Å². The van der Waals surface area contributed by atoms with Crippen LogP contribution in [0.15, 0.2) is 54.6 Å². The Morgan fingerprint density at radius 3 is 2.44 bits per heavy atom. The monoisotopic (exact) mass is 354 g/mol. The number of anilines is 1. The van der Waals surface area contributed by atoms with Crippen LogP contribution >= 0.6 is 0 Å². The van der Waals surface area contributed by atoms with Gasteiger partial charge in [-0.15, -0.1) is 0 Å². The first kappa shape index (κ1) is 16.6. The van der Waals surface area contributed by atoms with Gasteiger partial charge in [-0.2, -0.15) is 0 Å². The van der Waals surface area contributed by atoms with Gasteiger partial charge in [-0.3, -0.25) is 4.98 Å². The molecule has 1 unspecified atom stereocenters. The van der Waals surface area contributed by atoms with Crippen LogP contribution in [0.25, 0.3) is 16.5 Å². The number of para-hydroxylation sites is 2. The minimum Gasteiger partial charge on any atom is -0.398 e. The van der Waals surface area contributed by atoms with Crippen molar-refractivity contribution >= 4 is 22.2 Å². The molecule has 136 valence electrons. The maximum absolute atomic E-state index is 6.44. The quantitative estimate of drug-likeness (QED) is 0.540. The summed E-state index contributed by atoms with van der Waals surface area (Å²) >= 11 is 0. The molecule has 2 aliphatic rings. The highest BCUT2D eigenvalue weighted by atomic mass is 14.8. The fraction of sp³-hybridized carbons (Fsp3) is 0.320. The summed E-state index contributed by atoms with van der Waals surface area (Å²) < 4.78 is 0. The maximum Gasteiger partial charge on any atom is 0.0709 e. The SMILES string of the molecule is CC1(C)C=C2CC(C)(C)C(c3ccccc3N)c3nc4ccccc4c1c32. The lowest BCUT2D eigenvalue weighted by Crippen LogP contribution is -2.30. The van der Waals surface area contributed by atoms with Gasteiger partial charge in [0.15, 0.2) is 0 Å². The Kier molecular flexibility index (Phi) is 3.20. The van der Waals surface area contributed by atoms with Crippen molar-refractivity contribution in [2.75, 3.05) is 5.73 Å². The first-order valence-corrected chi connectivity index (χ1v) is 9.79. The molecule has 2 nitrogen and oxygen atoms in total. The molecule has 0 radical (unpaired) electrons. The molecule has 2 aromatic carbocycles. The highest BCUT2D eigenvalue weighted by molar-refractivity contribution is 5.94. The summed E-state index contributed by atoms with van der Waals surface area (Å²) in [6, 6.07) is 16.9.